The lowest BCUT2D eigenvalue weighted by molar-refractivity contribution is 0.208. The Kier molecular flexibility index (Phi) is 2.93. The van der Waals surface area contributed by atoms with Gasteiger partial charge in [0.05, 0.1) is 11.0 Å². The Labute approximate surface area is 105 Å². The molecular weight excluding hydrogens is 230 g/mol. The number of rotatable bonds is 2. The SMILES string of the molecule is O=c1n(CO)c2ccccc2n1C1CCNCC1. The van der Waals surface area contributed by atoms with Crippen LogP contribution in [0.25, 0.3) is 11.0 Å². The van der Waals surface area contributed by atoms with E-state index in [4.69, 9.17) is 0 Å². The number of imidazole rings is 1. The van der Waals surface area contributed by atoms with Gasteiger partial charge in [0.2, 0.25) is 0 Å². The molecule has 0 spiro atoms. The number of aromatic nitrogens is 2. The molecular formula is C13H17N3O2. The summed E-state index contributed by atoms with van der Waals surface area (Å²) in [6, 6.07) is 7.88. The fraction of sp³-hybridized carbons (Fsp3) is 0.462. The van der Waals surface area contributed by atoms with Gasteiger partial charge in [-0.05, 0) is 38.1 Å². The quantitative estimate of drug-likeness (QED) is 0.820. The van der Waals surface area contributed by atoms with Crippen molar-refractivity contribution >= 4 is 11.0 Å². The lowest BCUT2D eigenvalue weighted by Gasteiger charge is -2.23. The molecule has 0 radical (unpaired) electrons. The molecule has 0 aliphatic carbocycles. The summed E-state index contributed by atoms with van der Waals surface area (Å²) in [6.45, 7) is 1.61. The lowest BCUT2D eigenvalue weighted by Crippen LogP contribution is -2.34. The van der Waals surface area contributed by atoms with Crippen LogP contribution < -0.4 is 11.0 Å². The number of hydrogen-bond acceptors (Lipinski definition) is 3. The first-order chi connectivity index (χ1) is 8.83. The van der Waals surface area contributed by atoms with Gasteiger partial charge in [0.15, 0.2) is 0 Å². The minimum Gasteiger partial charge on any atom is -0.376 e. The average molecular weight is 247 g/mol. The van der Waals surface area contributed by atoms with Gasteiger partial charge < -0.3 is 10.4 Å². The summed E-state index contributed by atoms with van der Waals surface area (Å²) in [5.41, 5.74) is 1.62. The standard InChI is InChI=1S/C13H17N3O2/c17-9-15-11-3-1-2-4-12(11)16(13(15)18)10-5-7-14-8-6-10/h1-4,10,14,17H,5-9H2. The predicted molar refractivity (Wildman–Crippen MR) is 69.6 cm³/mol. The molecule has 5 nitrogen and oxygen atoms in total. The Morgan fingerprint density at radius 2 is 1.89 bits per heavy atom. The molecule has 2 N–H and O–H groups in total. The highest BCUT2D eigenvalue weighted by atomic mass is 16.3. The van der Waals surface area contributed by atoms with Gasteiger partial charge in [0.25, 0.3) is 0 Å². The third kappa shape index (κ3) is 1.67. The fourth-order valence-corrected chi connectivity index (χ4v) is 2.79. The van der Waals surface area contributed by atoms with Gasteiger partial charge in [-0.1, -0.05) is 12.1 Å². The highest BCUT2D eigenvalue weighted by molar-refractivity contribution is 5.76. The van der Waals surface area contributed by atoms with Crippen molar-refractivity contribution in [2.24, 2.45) is 0 Å². The zero-order chi connectivity index (χ0) is 12.5. The third-order valence-electron chi connectivity index (χ3n) is 3.68. The fourth-order valence-electron chi connectivity index (χ4n) is 2.79. The number of hydrogen-bond donors (Lipinski definition) is 2. The minimum absolute atomic E-state index is 0.106. The summed E-state index contributed by atoms with van der Waals surface area (Å²) in [7, 11) is 0. The van der Waals surface area contributed by atoms with E-state index in [2.05, 4.69) is 5.32 Å². The number of piperidine rings is 1. The summed E-state index contributed by atoms with van der Waals surface area (Å²) in [5.74, 6) is 0. The van der Waals surface area contributed by atoms with Crippen molar-refractivity contribution in [3.05, 3.63) is 34.7 Å². The number of benzene rings is 1. The van der Waals surface area contributed by atoms with Crippen molar-refractivity contribution in [1.82, 2.24) is 14.5 Å². The van der Waals surface area contributed by atoms with Gasteiger partial charge in [-0.2, -0.15) is 0 Å². The second-order valence-electron chi connectivity index (χ2n) is 4.69. The number of aliphatic hydroxyl groups excluding tert-OH is 1. The van der Waals surface area contributed by atoms with E-state index >= 15 is 0 Å². The molecule has 1 aromatic carbocycles. The van der Waals surface area contributed by atoms with E-state index in [1.54, 1.807) is 0 Å². The van der Waals surface area contributed by atoms with Crippen molar-refractivity contribution in [2.75, 3.05) is 13.1 Å². The molecule has 1 aliphatic rings. The van der Waals surface area contributed by atoms with Gasteiger partial charge in [0, 0.05) is 6.04 Å². The summed E-state index contributed by atoms with van der Waals surface area (Å²) < 4.78 is 3.27. The summed E-state index contributed by atoms with van der Waals surface area (Å²) in [4.78, 5) is 12.4. The maximum Gasteiger partial charge on any atom is 0.331 e. The van der Waals surface area contributed by atoms with E-state index in [9.17, 15) is 9.90 Å². The molecule has 0 unspecified atom stereocenters. The molecule has 96 valence electrons. The second-order valence-corrected chi connectivity index (χ2v) is 4.69. The summed E-state index contributed by atoms with van der Waals surface area (Å²) in [5, 5.41) is 12.7. The van der Waals surface area contributed by atoms with Crippen LogP contribution in [-0.4, -0.2) is 27.3 Å². The van der Waals surface area contributed by atoms with Gasteiger partial charge >= 0.3 is 5.69 Å². The predicted octanol–water partition coefficient (Wildman–Crippen LogP) is 0.677. The molecule has 0 amide bonds. The number of fused-ring (bicyclic) bond motifs is 1. The monoisotopic (exact) mass is 247 g/mol. The molecule has 18 heavy (non-hydrogen) atoms. The molecule has 5 heteroatoms. The Hall–Kier alpha value is -1.59. The Morgan fingerprint density at radius 3 is 2.56 bits per heavy atom. The minimum atomic E-state index is -0.267. The zero-order valence-electron chi connectivity index (χ0n) is 10.2. The smallest absolute Gasteiger partial charge is 0.331 e. The van der Waals surface area contributed by atoms with Crippen LogP contribution in [-0.2, 0) is 6.73 Å². The Bertz CT molecular complexity index is 608. The van der Waals surface area contributed by atoms with E-state index in [1.807, 2.05) is 28.8 Å². The van der Waals surface area contributed by atoms with E-state index in [1.165, 1.54) is 4.57 Å². The number of nitrogens with one attached hydrogen (secondary N) is 1. The van der Waals surface area contributed by atoms with Crippen molar-refractivity contribution in [2.45, 2.75) is 25.6 Å². The van der Waals surface area contributed by atoms with E-state index in [0.717, 1.165) is 37.0 Å². The Balaban J connectivity index is 2.21. The van der Waals surface area contributed by atoms with Crippen LogP contribution in [0.4, 0.5) is 0 Å². The molecule has 1 aromatic heterocycles. The maximum absolute atomic E-state index is 12.4. The first-order valence-electron chi connectivity index (χ1n) is 6.34. The third-order valence-corrected chi connectivity index (χ3v) is 3.68. The molecule has 2 aromatic rings. The summed E-state index contributed by atoms with van der Waals surface area (Å²) in [6.07, 6.45) is 1.92. The van der Waals surface area contributed by atoms with E-state index in [-0.39, 0.29) is 18.5 Å². The van der Waals surface area contributed by atoms with Crippen LogP contribution in [0.3, 0.4) is 0 Å². The molecule has 1 aliphatic heterocycles. The van der Waals surface area contributed by atoms with Crippen molar-refractivity contribution < 1.29 is 5.11 Å². The molecule has 0 bridgehead atoms. The summed E-state index contributed by atoms with van der Waals surface area (Å²) >= 11 is 0. The largest absolute Gasteiger partial charge is 0.376 e. The highest BCUT2D eigenvalue weighted by Gasteiger charge is 2.21. The second kappa shape index (κ2) is 4.59. The van der Waals surface area contributed by atoms with Crippen LogP contribution in [0.15, 0.2) is 29.1 Å². The molecule has 2 heterocycles. The Morgan fingerprint density at radius 1 is 1.22 bits per heavy atom. The highest BCUT2D eigenvalue weighted by Crippen LogP contribution is 2.22. The first kappa shape index (κ1) is 11.5. The molecule has 3 rings (SSSR count). The van der Waals surface area contributed by atoms with Gasteiger partial charge in [-0.25, -0.2) is 4.79 Å². The van der Waals surface area contributed by atoms with Crippen molar-refractivity contribution in [3.63, 3.8) is 0 Å². The number of aliphatic hydroxyl groups is 1. The van der Waals surface area contributed by atoms with Crippen molar-refractivity contribution in [3.8, 4) is 0 Å². The lowest BCUT2D eigenvalue weighted by atomic mass is 10.1. The van der Waals surface area contributed by atoms with Gasteiger partial charge in [-0.3, -0.25) is 9.13 Å². The zero-order valence-corrected chi connectivity index (χ0v) is 10.2. The van der Waals surface area contributed by atoms with E-state index < -0.39 is 0 Å². The maximum atomic E-state index is 12.4. The van der Waals surface area contributed by atoms with Crippen LogP contribution >= 0.6 is 0 Å². The molecule has 1 fully saturated rings. The van der Waals surface area contributed by atoms with Crippen LogP contribution in [0.2, 0.25) is 0 Å². The van der Waals surface area contributed by atoms with Crippen LogP contribution in [0.5, 0.6) is 0 Å². The van der Waals surface area contributed by atoms with Gasteiger partial charge in [-0.15, -0.1) is 0 Å². The molecule has 0 atom stereocenters. The number of para-hydroxylation sites is 2. The normalized spacial score (nSPS) is 17.4. The molecule has 0 saturated carbocycles. The topological polar surface area (TPSA) is 59.2 Å². The van der Waals surface area contributed by atoms with Crippen molar-refractivity contribution in [1.29, 1.82) is 0 Å². The average Bonchev–Trinajstić information content (AvgIpc) is 2.71. The molecule has 1 saturated heterocycles. The first-order valence-corrected chi connectivity index (χ1v) is 6.34. The van der Waals surface area contributed by atoms with Crippen LogP contribution in [0, 0.1) is 0 Å². The van der Waals surface area contributed by atoms with Crippen LogP contribution in [0.1, 0.15) is 18.9 Å². The number of nitrogens with zero attached hydrogens (tertiary/aromatic N) is 2. The van der Waals surface area contributed by atoms with E-state index in [0.29, 0.717) is 0 Å². The van der Waals surface area contributed by atoms with Gasteiger partial charge in [0.1, 0.15) is 6.73 Å².